The van der Waals surface area contributed by atoms with Crippen LogP contribution in [0.15, 0.2) is 40.9 Å². The maximum absolute atomic E-state index is 9.62. The molecule has 0 atom stereocenters. The van der Waals surface area contributed by atoms with Crippen LogP contribution in [-0.2, 0) is 0 Å². The molecule has 0 radical (unpaired) electrons. The zero-order valence-corrected chi connectivity index (χ0v) is 8.79. The highest BCUT2D eigenvalue weighted by atomic mass is 16.4. The summed E-state index contributed by atoms with van der Waals surface area (Å²) in [5.41, 5.74) is 7.29. The smallest absolute Gasteiger partial charge is 0.231 e. The van der Waals surface area contributed by atoms with Gasteiger partial charge in [0.15, 0.2) is 11.3 Å². The van der Waals surface area contributed by atoms with Crippen LogP contribution in [0.2, 0.25) is 0 Å². The standard InChI is InChI=1S/C12H9N3O2/c13-11-7(3-2-6-14-11)12-15-8-4-1-5-9(16)10(8)17-12/h1-6,16H,(H2,13,14). The number of anilines is 1. The molecular formula is C12H9N3O2. The topological polar surface area (TPSA) is 85.2 Å². The lowest BCUT2D eigenvalue weighted by molar-refractivity contribution is 0.466. The fraction of sp³-hybridized carbons (Fsp3) is 0. The summed E-state index contributed by atoms with van der Waals surface area (Å²) in [5, 5.41) is 9.62. The number of nitrogens with zero attached hydrogens (tertiary/aromatic N) is 2. The maximum Gasteiger partial charge on any atom is 0.231 e. The summed E-state index contributed by atoms with van der Waals surface area (Å²) in [6, 6.07) is 8.53. The van der Waals surface area contributed by atoms with Gasteiger partial charge in [-0.1, -0.05) is 6.07 Å². The zero-order valence-electron chi connectivity index (χ0n) is 8.79. The third kappa shape index (κ3) is 1.48. The highest BCUT2D eigenvalue weighted by Crippen LogP contribution is 2.31. The van der Waals surface area contributed by atoms with Crippen LogP contribution in [0.4, 0.5) is 5.82 Å². The first kappa shape index (κ1) is 9.65. The molecule has 0 aliphatic carbocycles. The van der Waals surface area contributed by atoms with E-state index in [-0.39, 0.29) is 5.75 Å². The Hall–Kier alpha value is -2.56. The Kier molecular flexibility index (Phi) is 1.98. The number of aromatic nitrogens is 2. The molecule has 2 aromatic heterocycles. The molecule has 0 fully saturated rings. The number of nitrogen functional groups attached to an aromatic ring is 1. The van der Waals surface area contributed by atoms with Crippen LogP contribution >= 0.6 is 0 Å². The van der Waals surface area contributed by atoms with Gasteiger partial charge >= 0.3 is 0 Å². The highest BCUT2D eigenvalue weighted by molar-refractivity contribution is 5.82. The maximum atomic E-state index is 9.62. The van der Waals surface area contributed by atoms with Gasteiger partial charge in [0, 0.05) is 6.20 Å². The van der Waals surface area contributed by atoms with Crippen LogP contribution in [0.3, 0.4) is 0 Å². The molecule has 2 heterocycles. The van der Waals surface area contributed by atoms with Crippen LogP contribution in [0.25, 0.3) is 22.6 Å². The van der Waals surface area contributed by atoms with Gasteiger partial charge in [-0.2, -0.15) is 0 Å². The largest absolute Gasteiger partial charge is 0.504 e. The first-order valence-electron chi connectivity index (χ1n) is 5.05. The minimum absolute atomic E-state index is 0.0590. The minimum Gasteiger partial charge on any atom is -0.504 e. The molecule has 5 nitrogen and oxygen atoms in total. The summed E-state index contributed by atoms with van der Waals surface area (Å²) in [5.74, 6) is 0.759. The number of pyridine rings is 1. The quantitative estimate of drug-likeness (QED) is 0.665. The van der Waals surface area contributed by atoms with Gasteiger partial charge in [0.1, 0.15) is 11.3 Å². The minimum atomic E-state index is 0.0590. The van der Waals surface area contributed by atoms with Gasteiger partial charge in [0.05, 0.1) is 5.56 Å². The third-order valence-corrected chi connectivity index (χ3v) is 2.46. The van der Waals surface area contributed by atoms with Gasteiger partial charge < -0.3 is 15.3 Å². The number of hydrogen-bond acceptors (Lipinski definition) is 5. The first-order valence-corrected chi connectivity index (χ1v) is 5.05. The number of para-hydroxylation sites is 1. The highest BCUT2D eigenvalue weighted by Gasteiger charge is 2.13. The van der Waals surface area contributed by atoms with E-state index in [4.69, 9.17) is 10.2 Å². The Balaban J connectivity index is 2.26. The number of fused-ring (bicyclic) bond motifs is 1. The normalized spacial score (nSPS) is 10.8. The molecular weight excluding hydrogens is 218 g/mol. The lowest BCUT2D eigenvalue weighted by atomic mass is 10.2. The molecule has 0 aliphatic heterocycles. The van der Waals surface area contributed by atoms with Crippen molar-refractivity contribution >= 4 is 16.9 Å². The number of phenolic OH excluding ortho intramolecular Hbond substituents is 1. The van der Waals surface area contributed by atoms with Gasteiger partial charge in [-0.05, 0) is 24.3 Å². The second-order valence-electron chi connectivity index (χ2n) is 3.58. The van der Waals surface area contributed by atoms with Crippen molar-refractivity contribution in [1.29, 1.82) is 0 Å². The summed E-state index contributed by atoms with van der Waals surface area (Å²) in [6.07, 6.45) is 1.60. The van der Waals surface area contributed by atoms with E-state index in [0.29, 0.717) is 28.4 Å². The van der Waals surface area contributed by atoms with Crippen molar-refractivity contribution in [2.75, 3.05) is 5.73 Å². The van der Waals surface area contributed by atoms with Crippen LogP contribution in [0.5, 0.6) is 5.75 Å². The van der Waals surface area contributed by atoms with Gasteiger partial charge in [0.2, 0.25) is 5.89 Å². The lowest BCUT2D eigenvalue weighted by Crippen LogP contribution is -1.92. The van der Waals surface area contributed by atoms with Crippen molar-refractivity contribution < 1.29 is 9.52 Å². The van der Waals surface area contributed by atoms with Crippen molar-refractivity contribution in [1.82, 2.24) is 9.97 Å². The molecule has 0 spiro atoms. The average molecular weight is 227 g/mol. The molecule has 0 unspecified atom stereocenters. The number of phenols is 1. The molecule has 0 amide bonds. The van der Waals surface area contributed by atoms with Crippen LogP contribution in [0.1, 0.15) is 0 Å². The molecule has 5 heteroatoms. The second-order valence-corrected chi connectivity index (χ2v) is 3.58. The van der Waals surface area contributed by atoms with Gasteiger partial charge in [-0.25, -0.2) is 9.97 Å². The number of hydrogen-bond donors (Lipinski definition) is 2. The zero-order chi connectivity index (χ0) is 11.8. The molecule has 84 valence electrons. The SMILES string of the molecule is Nc1ncccc1-c1nc2cccc(O)c2o1. The first-order chi connectivity index (χ1) is 8.25. The lowest BCUT2D eigenvalue weighted by Gasteiger charge is -1.97. The Morgan fingerprint density at radius 1 is 1.18 bits per heavy atom. The Morgan fingerprint density at radius 2 is 2.06 bits per heavy atom. The number of nitrogens with two attached hydrogens (primary N) is 1. The van der Waals surface area contributed by atoms with Gasteiger partial charge in [0.25, 0.3) is 0 Å². The van der Waals surface area contributed by atoms with Crippen LogP contribution in [-0.4, -0.2) is 15.1 Å². The number of oxazole rings is 1. The number of aromatic hydroxyl groups is 1. The average Bonchev–Trinajstić information content (AvgIpc) is 2.75. The Morgan fingerprint density at radius 3 is 2.82 bits per heavy atom. The van der Waals surface area contributed by atoms with Crippen molar-refractivity contribution in [2.24, 2.45) is 0 Å². The van der Waals surface area contributed by atoms with E-state index in [2.05, 4.69) is 9.97 Å². The van der Waals surface area contributed by atoms with E-state index in [1.807, 2.05) is 0 Å². The molecule has 0 bridgehead atoms. The Labute approximate surface area is 96.5 Å². The summed E-state index contributed by atoms with van der Waals surface area (Å²) in [6.45, 7) is 0. The number of benzene rings is 1. The molecule has 0 aliphatic rings. The molecule has 0 saturated carbocycles. The van der Waals surface area contributed by atoms with Crippen molar-refractivity contribution in [2.45, 2.75) is 0 Å². The number of rotatable bonds is 1. The van der Waals surface area contributed by atoms with Gasteiger partial charge in [-0.15, -0.1) is 0 Å². The predicted molar refractivity (Wildman–Crippen MR) is 63.3 cm³/mol. The third-order valence-electron chi connectivity index (χ3n) is 2.46. The molecule has 3 rings (SSSR count). The summed E-state index contributed by atoms with van der Waals surface area (Å²) in [4.78, 5) is 8.22. The molecule has 3 aromatic rings. The predicted octanol–water partition coefficient (Wildman–Crippen LogP) is 2.18. The van der Waals surface area contributed by atoms with Crippen LogP contribution < -0.4 is 5.73 Å². The summed E-state index contributed by atoms with van der Waals surface area (Å²) < 4.78 is 5.48. The molecule has 17 heavy (non-hydrogen) atoms. The van der Waals surface area contributed by atoms with Crippen molar-refractivity contribution in [3.63, 3.8) is 0 Å². The second kappa shape index (κ2) is 3.48. The Bertz CT molecular complexity index is 691. The fourth-order valence-electron chi connectivity index (χ4n) is 1.65. The van der Waals surface area contributed by atoms with Crippen molar-refractivity contribution in [3.8, 4) is 17.2 Å². The fourth-order valence-corrected chi connectivity index (χ4v) is 1.65. The summed E-state index contributed by atoms with van der Waals surface area (Å²) >= 11 is 0. The van der Waals surface area contributed by atoms with E-state index >= 15 is 0 Å². The summed E-state index contributed by atoms with van der Waals surface area (Å²) in [7, 11) is 0. The van der Waals surface area contributed by atoms with E-state index in [0.717, 1.165) is 0 Å². The van der Waals surface area contributed by atoms with E-state index < -0.39 is 0 Å². The van der Waals surface area contributed by atoms with E-state index in [1.54, 1.807) is 36.5 Å². The molecule has 0 saturated heterocycles. The molecule has 3 N–H and O–H groups in total. The van der Waals surface area contributed by atoms with Crippen molar-refractivity contribution in [3.05, 3.63) is 36.5 Å². The van der Waals surface area contributed by atoms with E-state index in [9.17, 15) is 5.11 Å². The van der Waals surface area contributed by atoms with Gasteiger partial charge in [-0.3, -0.25) is 0 Å². The molecule has 1 aromatic carbocycles. The van der Waals surface area contributed by atoms with Crippen LogP contribution in [0, 0.1) is 0 Å². The van der Waals surface area contributed by atoms with E-state index in [1.165, 1.54) is 0 Å². The monoisotopic (exact) mass is 227 g/mol.